The summed E-state index contributed by atoms with van der Waals surface area (Å²) >= 11 is 1.32. The average molecular weight is 429 g/mol. The lowest BCUT2D eigenvalue weighted by atomic mass is 9.94. The quantitative estimate of drug-likeness (QED) is 0.579. The van der Waals surface area contributed by atoms with Crippen molar-refractivity contribution >= 4 is 45.6 Å². The molecule has 0 unspecified atom stereocenters. The summed E-state index contributed by atoms with van der Waals surface area (Å²) in [6.45, 7) is 1.79. The highest BCUT2D eigenvalue weighted by molar-refractivity contribution is 7.98. The number of fused-ring (bicyclic) bond motifs is 4. The van der Waals surface area contributed by atoms with Crippen LogP contribution in [0.25, 0.3) is 21.9 Å². The van der Waals surface area contributed by atoms with Gasteiger partial charge in [-0.05, 0) is 44.1 Å². The zero-order chi connectivity index (χ0) is 21.4. The van der Waals surface area contributed by atoms with Crippen LogP contribution in [0.3, 0.4) is 0 Å². The molecule has 0 spiro atoms. The van der Waals surface area contributed by atoms with Crippen LogP contribution >= 0.6 is 11.8 Å². The molecule has 30 heavy (non-hydrogen) atoms. The molecule has 0 fully saturated rings. The van der Waals surface area contributed by atoms with Crippen molar-refractivity contribution in [3.8, 4) is 0 Å². The number of hydrogen-bond donors (Lipinski definition) is 2. The van der Waals surface area contributed by atoms with E-state index in [1.807, 2.05) is 6.07 Å². The highest BCUT2D eigenvalue weighted by Crippen LogP contribution is 2.35. The van der Waals surface area contributed by atoms with Gasteiger partial charge in [-0.15, -0.1) is 0 Å². The minimum absolute atomic E-state index is 0.232. The van der Waals surface area contributed by atoms with Crippen LogP contribution in [-0.2, 0) is 28.9 Å². The minimum atomic E-state index is -1.10. The molecule has 7 nitrogen and oxygen atoms in total. The predicted molar refractivity (Wildman–Crippen MR) is 115 cm³/mol. The number of rotatable bonds is 6. The van der Waals surface area contributed by atoms with Gasteiger partial charge in [0, 0.05) is 34.6 Å². The van der Waals surface area contributed by atoms with Crippen LogP contribution in [0.4, 0.5) is 0 Å². The predicted octanol–water partition coefficient (Wildman–Crippen LogP) is 3.20. The van der Waals surface area contributed by atoms with Gasteiger partial charge < -0.3 is 19.3 Å². The van der Waals surface area contributed by atoms with Crippen molar-refractivity contribution in [2.24, 2.45) is 0 Å². The van der Waals surface area contributed by atoms with Gasteiger partial charge in [0.05, 0.1) is 12.0 Å². The molecule has 0 saturated heterocycles. The molecule has 0 radical (unpaired) electrons. The van der Waals surface area contributed by atoms with Crippen molar-refractivity contribution in [3.63, 3.8) is 0 Å². The number of aryl methyl sites for hydroxylation is 3. The second-order valence-corrected chi connectivity index (χ2v) is 8.55. The maximum absolute atomic E-state index is 12.6. The van der Waals surface area contributed by atoms with Crippen molar-refractivity contribution in [2.75, 3.05) is 12.0 Å². The molecule has 2 heterocycles. The fraction of sp³-hybridized carbons (Fsp3) is 0.409. The minimum Gasteiger partial charge on any atom is -0.480 e. The number of amides is 1. The first-order chi connectivity index (χ1) is 14.4. The van der Waals surface area contributed by atoms with Crippen LogP contribution in [0.5, 0.6) is 0 Å². The molecule has 4 rings (SSSR count). The molecule has 0 aliphatic heterocycles. The fourth-order valence-corrected chi connectivity index (χ4v) is 4.66. The summed E-state index contributed by atoms with van der Waals surface area (Å²) < 4.78 is 11.5. The molecule has 2 N–H and O–H groups in total. The summed E-state index contributed by atoms with van der Waals surface area (Å²) in [4.78, 5) is 36.3. The molecule has 1 amide bonds. The Kier molecular flexibility index (Phi) is 5.60. The van der Waals surface area contributed by atoms with Gasteiger partial charge >= 0.3 is 11.6 Å². The lowest BCUT2D eigenvalue weighted by Crippen LogP contribution is -2.43. The number of carboxylic acid groups (broad SMARTS) is 1. The van der Waals surface area contributed by atoms with E-state index in [9.17, 15) is 19.5 Å². The van der Waals surface area contributed by atoms with Crippen LogP contribution in [0, 0.1) is 6.92 Å². The zero-order valence-corrected chi connectivity index (χ0v) is 17.7. The van der Waals surface area contributed by atoms with E-state index in [1.54, 1.807) is 19.2 Å². The molecule has 8 heteroatoms. The average Bonchev–Trinajstić information content (AvgIpc) is 3.07. The monoisotopic (exact) mass is 429 g/mol. The SMILES string of the molecule is CSC[C@H](NC(=O)Cc1c(C)c2cc3c4c(oc3cc2oc1=O)CCCC4)C(=O)O. The number of hydrogen-bond acceptors (Lipinski definition) is 6. The van der Waals surface area contributed by atoms with Crippen LogP contribution in [0.15, 0.2) is 25.8 Å². The van der Waals surface area contributed by atoms with Crippen LogP contribution in [0.2, 0.25) is 0 Å². The third-order valence-corrected chi connectivity index (χ3v) is 6.33. The topological polar surface area (TPSA) is 110 Å². The van der Waals surface area contributed by atoms with Crippen molar-refractivity contribution in [2.45, 2.75) is 45.1 Å². The van der Waals surface area contributed by atoms with E-state index >= 15 is 0 Å². The maximum Gasteiger partial charge on any atom is 0.340 e. The number of carboxylic acids is 1. The van der Waals surface area contributed by atoms with Crippen molar-refractivity contribution in [1.82, 2.24) is 5.32 Å². The van der Waals surface area contributed by atoms with E-state index in [2.05, 4.69) is 5.32 Å². The Morgan fingerprint density at radius 1 is 1.17 bits per heavy atom. The summed E-state index contributed by atoms with van der Waals surface area (Å²) in [6, 6.07) is 2.73. The van der Waals surface area contributed by atoms with Crippen molar-refractivity contribution in [1.29, 1.82) is 0 Å². The van der Waals surface area contributed by atoms with E-state index < -0.39 is 23.5 Å². The molecule has 0 saturated carbocycles. The van der Waals surface area contributed by atoms with Gasteiger partial charge in [0.2, 0.25) is 5.91 Å². The van der Waals surface area contributed by atoms with Gasteiger partial charge in [0.1, 0.15) is 23.0 Å². The smallest absolute Gasteiger partial charge is 0.340 e. The van der Waals surface area contributed by atoms with Gasteiger partial charge in [-0.25, -0.2) is 9.59 Å². The van der Waals surface area contributed by atoms with Gasteiger partial charge in [-0.3, -0.25) is 4.79 Å². The van der Waals surface area contributed by atoms with Crippen LogP contribution < -0.4 is 10.9 Å². The standard InChI is InChI=1S/C22H23NO6S/c1-11-13-7-15-12-5-3-4-6-17(12)28-19(15)9-18(13)29-22(27)14(11)8-20(24)23-16(10-30-2)21(25)26/h7,9,16H,3-6,8,10H2,1-2H3,(H,23,24)(H,25,26)/t16-/m0/s1. The van der Waals surface area contributed by atoms with Gasteiger partial charge in [0.15, 0.2) is 0 Å². The van der Waals surface area contributed by atoms with Crippen molar-refractivity contribution < 1.29 is 23.5 Å². The van der Waals surface area contributed by atoms with Crippen LogP contribution in [0.1, 0.15) is 35.3 Å². The van der Waals surface area contributed by atoms with E-state index in [-0.39, 0.29) is 17.7 Å². The Bertz CT molecular complexity index is 1210. The number of carbonyl (C=O) groups is 2. The van der Waals surface area contributed by atoms with Gasteiger partial charge in [0.25, 0.3) is 0 Å². The van der Waals surface area contributed by atoms with E-state index in [1.165, 1.54) is 17.3 Å². The number of carbonyl (C=O) groups excluding carboxylic acids is 1. The summed E-state index contributed by atoms with van der Waals surface area (Å²) in [6.07, 6.45) is 5.63. The lowest BCUT2D eigenvalue weighted by molar-refractivity contribution is -0.141. The first-order valence-electron chi connectivity index (χ1n) is 9.90. The maximum atomic E-state index is 12.6. The Morgan fingerprint density at radius 3 is 2.63 bits per heavy atom. The number of aliphatic carboxylic acids is 1. The number of furan rings is 1. The Balaban J connectivity index is 1.72. The zero-order valence-electron chi connectivity index (χ0n) is 16.9. The van der Waals surface area contributed by atoms with Gasteiger partial charge in [-0.2, -0.15) is 11.8 Å². The van der Waals surface area contributed by atoms with E-state index in [0.29, 0.717) is 16.7 Å². The third-order valence-electron chi connectivity index (χ3n) is 5.67. The second-order valence-electron chi connectivity index (χ2n) is 7.64. The molecule has 1 atom stereocenters. The number of nitrogens with one attached hydrogen (secondary N) is 1. The molecule has 0 bridgehead atoms. The molecule has 1 aliphatic carbocycles. The van der Waals surface area contributed by atoms with E-state index in [0.717, 1.165) is 42.2 Å². The molecule has 2 aromatic heterocycles. The summed E-state index contributed by atoms with van der Waals surface area (Å²) in [5.74, 6) is -0.379. The number of benzene rings is 1. The normalized spacial score (nSPS) is 14.6. The summed E-state index contributed by atoms with van der Waals surface area (Å²) in [5, 5.41) is 13.5. The number of thioether (sulfide) groups is 1. The van der Waals surface area contributed by atoms with Crippen LogP contribution in [-0.4, -0.2) is 35.0 Å². The molecular weight excluding hydrogens is 406 g/mol. The summed E-state index contributed by atoms with van der Waals surface area (Å²) in [5.41, 5.74) is 2.66. The van der Waals surface area contributed by atoms with Gasteiger partial charge in [-0.1, -0.05) is 0 Å². The third kappa shape index (κ3) is 3.71. The molecule has 1 aromatic carbocycles. The lowest BCUT2D eigenvalue weighted by Gasteiger charge is -2.14. The second kappa shape index (κ2) is 8.18. The molecular formula is C22H23NO6S. The Morgan fingerprint density at radius 2 is 1.90 bits per heavy atom. The Hall–Kier alpha value is -2.74. The molecule has 1 aliphatic rings. The first kappa shape index (κ1) is 20.5. The highest BCUT2D eigenvalue weighted by Gasteiger charge is 2.23. The first-order valence-corrected chi connectivity index (χ1v) is 11.3. The fourth-order valence-electron chi connectivity index (χ4n) is 4.10. The van der Waals surface area contributed by atoms with Crippen molar-refractivity contribution in [3.05, 3.63) is 45.0 Å². The van der Waals surface area contributed by atoms with E-state index in [4.69, 9.17) is 8.83 Å². The Labute approximate surface area is 176 Å². The molecule has 158 valence electrons. The largest absolute Gasteiger partial charge is 0.480 e. The summed E-state index contributed by atoms with van der Waals surface area (Å²) in [7, 11) is 0. The molecule has 3 aromatic rings. The highest BCUT2D eigenvalue weighted by atomic mass is 32.2.